The minimum Gasteiger partial charge on any atom is -0.357 e. The average molecular weight is 338 g/mol. The predicted molar refractivity (Wildman–Crippen MR) is 96.1 cm³/mol. The maximum atomic E-state index is 12.5. The van der Waals surface area contributed by atoms with Crippen LogP contribution in [0.25, 0.3) is 0 Å². The number of aromatic nitrogens is 2. The van der Waals surface area contributed by atoms with Crippen LogP contribution in [0.3, 0.4) is 0 Å². The molecule has 8 heteroatoms. The lowest BCUT2D eigenvalue weighted by Gasteiger charge is -2.35. The van der Waals surface area contributed by atoms with Gasteiger partial charge in [0, 0.05) is 39.4 Å². The molecular formula is C15H26N6OS. The number of carbonyl (C=O) groups excluding carboxylic acids is 1. The molecule has 1 fully saturated rings. The fourth-order valence-corrected chi connectivity index (χ4v) is 2.91. The van der Waals surface area contributed by atoms with Crippen LogP contribution in [0, 0.1) is 0 Å². The number of hydrogen-bond donors (Lipinski definition) is 1. The SMILES string of the molecule is CCNC(=NCCCSC)N1CCN(c2cnn(C)c2)C(=O)C1. The molecule has 1 aromatic heterocycles. The van der Waals surface area contributed by atoms with E-state index in [1.54, 1.807) is 15.8 Å². The quantitative estimate of drug-likeness (QED) is 0.472. The van der Waals surface area contributed by atoms with Crippen molar-refractivity contribution in [3.63, 3.8) is 0 Å². The highest BCUT2D eigenvalue weighted by Crippen LogP contribution is 2.16. The van der Waals surface area contributed by atoms with Crippen molar-refractivity contribution in [2.75, 3.05) is 49.6 Å². The molecule has 0 unspecified atom stereocenters. The van der Waals surface area contributed by atoms with E-state index >= 15 is 0 Å². The first-order valence-electron chi connectivity index (χ1n) is 7.97. The summed E-state index contributed by atoms with van der Waals surface area (Å²) in [6.07, 6.45) is 6.76. The number of piperazine rings is 1. The zero-order valence-corrected chi connectivity index (χ0v) is 15.0. The van der Waals surface area contributed by atoms with Crippen molar-refractivity contribution in [3.8, 4) is 0 Å². The number of hydrogen-bond acceptors (Lipinski definition) is 4. The normalized spacial score (nSPS) is 16.1. The van der Waals surface area contributed by atoms with Crippen molar-refractivity contribution in [2.45, 2.75) is 13.3 Å². The minimum atomic E-state index is 0.0824. The van der Waals surface area contributed by atoms with Gasteiger partial charge < -0.3 is 15.1 Å². The number of thioether (sulfide) groups is 1. The molecule has 2 heterocycles. The molecule has 7 nitrogen and oxygen atoms in total. The fourth-order valence-electron chi connectivity index (χ4n) is 2.49. The van der Waals surface area contributed by atoms with Gasteiger partial charge >= 0.3 is 0 Å². The summed E-state index contributed by atoms with van der Waals surface area (Å²) in [5.41, 5.74) is 0.860. The van der Waals surface area contributed by atoms with Crippen LogP contribution in [0.15, 0.2) is 17.4 Å². The van der Waals surface area contributed by atoms with Gasteiger partial charge in [-0.05, 0) is 25.4 Å². The van der Waals surface area contributed by atoms with Crippen LogP contribution in [0.5, 0.6) is 0 Å². The van der Waals surface area contributed by atoms with Gasteiger partial charge in [0.15, 0.2) is 5.96 Å². The molecular weight excluding hydrogens is 312 g/mol. The molecule has 0 radical (unpaired) electrons. The van der Waals surface area contributed by atoms with Crippen LogP contribution in [-0.4, -0.2) is 71.3 Å². The van der Waals surface area contributed by atoms with E-state index in [4.69, 9.17) is 0 Å². The van der Waals surface area contributed by atoms with Crippen LogP contribution in [0.2, 0.25) is 0 Å². The second kappa shape index (κ2) is 8.81. The number of carbonyl (C=O) groups is 1. The molecule has 1 amide bonds. The Morgan fingerprint density at radius 3 is 2.91 bits per heavy atom. The first-order chi connectivity index (χ1) is 11.2. The molecule has 1 aliphatic heterocycles. The lowest BCUT2D eigenvalue weighted by Crippen LogP contribution is -2.55. The third-order valence-corrected chi connectivity index (χ3v) is 4.32. The number of nitrogens with zero attached hydrogens (tertiary/aromatic N) is 5. The molecule has 2 rings (SSSR count). The van der Waals surface area contributed by atoms with Crippen molar-refractivity contribution in [1.29, 1.82) is 0 Å². The summed E-state index contributed by atoms with van der Waals surface area (Å²) in [6.45, 7) is 5.42. The molecule has 1 N–H and O–H groups in total. The van der Waals surface area contributed by atoms with Gasteiger partial charge in [0.25, 0.3) is 0 Å². The van der Waals surface area contributed by atoms with E-state index in [1.807, 2.05) is 36.8 Å². The van der Waals surface area contributed by atoms with Gasteiger partial charge in [0.1, 0.15) is 6.54 Å². The number of nitrogens with one attached hydrogen (secondary N) is 1. The number of aryl methyl sites for hydroxylation is 1. The summed E-state index contributed by atoms with van der Waals surface area (Å²) < 4.78 is 1.71. The molecule has 1 aromatic rings. The minimum absolute atomic E-state index is 0.0824. The summed E-state index contributed by atoms with van der Waals surface area (Å²) in [7, 11) is 1.86. The summed E-state index contributed by atoms with van der Waals surface area (Å²) in [5.74, 6) is 2.03. The Morgan fingerprint density at radius 2 is 2.30 bits per heavy atom. The fraction of sp³-hybridized carbons (Fsp3) is 0.667. The molecule has 0 atom stereocenters. The summed E-state index contributed by atoms with van der Waals surface area (Å²) in [6, 6.07) is 0. The van der Waals surface area contributed by atoms with Crippen LogP contribution < -0.4 is 10.2 Å². The Labute approximate surface area is 142 Å². The highest BCUT2D eigenvalue weighted by molar-refractivity contribution is 7.98. The first kappa shape index (κ1) is 17.7. The largest absolute Gasteiger partial charge is 0.357 e. The smallest absolute Gasteiger partial charge is 0.246 e. The lowest BCUT2D eigenvalue weighted by atomic mass is 10.3. The lowest BCUT2D eigenvalue weighted by molar-refractivity contribution is -0.120. The second-order valence-corrected chi connectivity index (χ2v) is 6.41. The average Bonchev–Trinajstić information content (AvgIpc) is 2.96. The third-order valence-electron chi connectivity index (χ3n) is 3.63. The maximum Gasteiger partial charge on any atom is 0.246 e. The van der Waals surface area contributed by atoms with E-state index in [1.165, 1.54) is 0 Å². The van der Waals surface area contributed by atoms with Crippen molar-refractivity contribution < 1.29 is 4.79 Å². The van der Waals surface area contributed by atoms with E-state index in [2.05, 4.69) is 21.7 Å². The van der Waals surface area contributed by atoms with Crippen molar-refractivity contribution in [3.05, 3.63) is 12.4 Å². The molecule has 0 aromatic carbocycles. The van der Waals surface area contributed by atoms with Gasteiger partial charge in [-0.15, -0.1) is 0 Å². The topological polar surface area (TPSA) is 65.8 Å². The van der Waals surface area contributed by atoms with E-state index in [9.17, 15) is 4.79 Å². The standard InChI is InChI=1S/C15H26N6OS/c1-4-16-15(17-6-5-9-23-3)20-7-8-21(14(22)12-20)13-10-18-19(2)11-13/h10-11H,4-9,12H2,1-3H3,(H,16,17). The molecule has 1 saturated heterocycles. The maximum absolute atomic E-state index is 12.5. The van der Waals surface area contributed by atoms with Crippen molar-refractivity contribution in [1.82, 2.24) is 20.0 Å². The number of aliphatic imine (C=N–C) groups is 1. The van der Waals surface area contributed by atoms with Crippen molar-refractivity contribution in [2.24, 2.45) is 12.0 Å². The highest BCUT2D eigenvalue weighted by Gasteiger charge is 2.27. The summed E-state index contributed by atoms with van der Waals surface area (Å²) in [4.78, 5) is 20.9. The van der Waals surface area contributed by atoms with Gasteiger partial charge in [-0.1, -0.05) is 0 Å². The molecule has 23 heavy (non-hydrogen) atoms. The van der Waals surface area contributed by atoms with Crippen LogP contribution in [-0.2, 0) is 11.8 Å². The van der Waals surface area contributed by atoms with Crippen LogP contribution >= 0.6 is 11.8 Å². The highest BCUT2D eigenvalue weighted by atomic mass is 32.2. The van der Waals surface area contributed by atoms with Crippen LogP contribution in [0.4, 0.5) is 5.69 Å². The van der Waals surface area contributed by atoms with Gasteiger partial charge in [-0.25, -0.2) is 0 Å². The van der Waals surface area contributed by atoms with Gasteiger partial charge in [0.2, 0.25) is 5.91 Å². The molecule has 0 aliphatic carbocycles. The molecule has 0 saturated carbocycles. The van der Waals surface area contributed by atoms with E-state index in [-0.39, 0.29) is 5.91 Å². The summed E-state index contributed by atoms with van der Waals surface area (Å²) in [5, 5.41) is 7.43. The number of amides is 1. The Balaban J connectivity index is 1.97. The summed E-state index contributed by atoms with van der Waals surface area (Å²) >= 11 is 1.83. The van der Waals surface area contributed by atoms with Gasteiger partial charge in [0.05, 0.1) is 11.9 Å². The first-order valence-corrected chi connectivity index (χ1v) is 9.36. The monoisotopic (exact) mass is 338 g/mol. The Morgan fingerprint density at radius 1 is 1.48 bits per heavy atom. The van der Waals surface area contributed by atoms with Crippen molar-refractivity contribution >= 4 is 29.3 Å². The second-order valence-electron chi connectivity index (χ2n) is 5.42. The number of rotatable bonds is 6. The predicted octanol–water partition coefficient (Wildman–Crippen LogP) is 0.787. The zero-order valence-electron chi connectivity index (χ0n) is 14.2. The van der Waals surface area contributed by atoms with Gasteiger partial charge in [-0.2, -0.15) is 16.9 Å². The van der Waals surface area contributed by atoms with E-state index in [0.717, 1.165) is 43.5 Å². The van der Waals surface area contributed by atoms with E-state index < -0.39 is 0 Å². The molecule has 128 valence electrons. The Bertz CT molecular complexity index is 544. The Hall–Kier alpha value is -1.70. The molecule has 0 spiro atoms. The molecule has 0 bridgehead atoms. The zero-order chi connectivity index (χ0) is 16.7. The number of guanidine groups is 1. The third kappa shape index (κ3) is 4.89. The molecule has 1 aliphatic rings. The van der Waals surface area contributed by atoms with Gasteiger partial charge in [-0.3, -0.25) is 14.5 Å². The van der Waals surface area contributed by atoms with E-state index in [0.29, 0.717) is 13.1 Å². The van der Waals surface area contributed by atoms with Crippen LogP contribution in [0.1, 0.15) is 13.3 Å². The number of anilines is 1. The Kier molecular flexibility index (Phi) is 6.76.